The molecule has 0 fully saturated rings. The first kappa shape index (κ1) is 20.0. The number of benzene rings is 2. The molecule has 6 nitrogen and oxygen atoms in total. The van der Waals surface area contributed by atoms with Crippen LogP contribution in [0.1, 0.15) is 12.6 Å². The van der Waals surface area contributed by atoms with Gasteiger partial charge in [-0.05, 0) is 38.1 Å². The van der Waals surface area contributed by atoms with E-state index in [1.807, 2.05) is 30.3 Å². The van der Waals surface area contributed by atoms with Crippen molar-refractivity contribution in [2.45, 2.75) is 20.0 Å². The highest BCUT2D eigenvalue weighted by Gasteiger charge is 2.22. The molecular weight excluding hydrogens is 401 g/mol. The molecule has 1 N–H and O–H groups in total. The summed E-state index contributed by atoms with van der Waals surface area (Å²) < 4.78 is 8.79. The number of nitrogens with one attached hydrogen (secondary N) is 1. The maximum absolute atomic E-state index is 12.9. The van der Waals surface area contributed by atoms with Crippen LogP contribution in [0.25, 0.3) is 5.69 Å². The number of carbonyl (C=O) groups is 1. The Morgan fingerprint density at radius 3 is 2.46 bits per heavy atom. The van der Waals surface area contributed by atoms with Gasteiger partial charge in [-0.15, -0.1) is 0 Å². The highest BCUT2D eigenvalue weighted by molar-refractivity contribution is 6.42. The molecule has 0 saturated carbocycles. The minimum Gasteiger partial charge on any atom is -0.479 e. The molecule has 0 saturated heterocycles. The van der Waals surface area contributed by atoms with Crippen LogP contribution in [0.3, 0.4) is 0 Å². The molecule has 0 aliphatic heterocycles. The van der Waals surface area contributed by atoms with Gasteiger partial charge in [-0.3, -0.25) is 14.3 Å². The molecule has 28 heavy (non-hydrogen) atoms. The van der Waals surface area contributed by atoms with Crippen LogP contribution in [0.15, 0.2) is 53.3 Å². The second-order valence-electron chi connectivity index (χ2n) is 6.24. The molecule has 0 radical (unpaired) electrons. The molecule has 146 valence electrons. The quantitative estimate of drug-likeness (QED) is 0.673. The van der Waals surface area contributed by atoms with Crippen molar-refractivity contribution in [2.24, 2.45) is 7.05 Å². The Hall–Kier alpha value is -2.70. The van der Waals surface area contributed by atoms with Crippen molar-refractivity contribution in [3.05, 3.63) is 74.6 Å². The normalized spacial score (nSPS) is 11.9. The Balaban J connectivity index is 1.85. The summed E-state index contributed by atoms with van der Waals surface area (Å²) >= 11 is 12.1. The third-order valence-corrected chi connectivity index (χ3v) is 5.19. The maximum Gasteiger partial charge on any atom is 0.295 e. The number of para-hydroxylation sites is 1. The minimum atomic E-state index is -0.889. The Bertz CT molecular complexity index is 1070. The average molecular weight is 420 g/mol. The van der Waals surface area contributed by atoms with Gasteiger partial charge in [0, 0.05) is 7.05 Å². The third-order valence-electron chi connectivity index (χ3n) is 4.39. The molecule has 1 heterocycles. The molecule has 0 aliphatic carbocycles. The first-order valence-corrected chi connectivity index (χ1v) is 9.32. The average Bonchev–Trinajstić information content (AvgIpc) is 2.89. The summed E-state index contributed by atoms with van der Waals surface area (Å²) in [7, 11) is 1.76. The van der Waals surface area contributed by atoms with Gasteiger partial charge >= 0.3 is 0 Å². The van der Waals surface area contributed by atoms with E-state index in [1.165, 1.54) is 4.68 Å². The van der Waals surface area contributed by atoms with Gasteiger partial charge in [0.1, 0.15) is 16.5 Å². The molecule has 0 aliphatic rings. The van der Waals surface area contributed by atoms with Gasteiger partial charge in [0.05, 0.1) is 16.4 Å². The topological polar surface area (TPSA) is 65.3 Å². The number of halogens is 2. The summed E-state index contributed by atoms with van der Waals surface area (Å²) in [5.74, 6) is -0.176. The highest BCUT2D eigenvalue weighted by atomic mass is 35.5. The van der Waals surface area contributed by atoms with Crippen LogP contribution in [-0.4, -0.2) is 21.4 Å². The fourth-order valence-electron chi connectivity index (χ4n) is 2.76. The van der Waals surface area contributed by atoms with Crippen LogP contribution in [0.2, 0.25) is 10.0 Å². The second kappa shape index (κ2) is 8.12. The predicted octanol–water partition coefficient (Wildman–Crippen LogP) is 4.20. The van der Waals surface area contributed by atoms with Crippen molar-refractivity contribution in [1.29, 1.82) is 0 Å². The van der Waals surface area contributed by atoms with E-state index in [9.17, 15) is 9.59 Å². The van der Waals surface area contributed by atoms with Gasteiger partial charge in [-0.2, -0.15) is 0 Å². The fourth-order valence-corrected chi connectivity index (χ4v) is 3.09. The lowest BCUT2D eigenvalue weighted by atomic mass is 10.3. The number of amides is 1. The molecule has 1 aromatic heterocycles. The smallest absolute Gasteiger partial charge is 0.295 e. The standard InChI is InChI=1S/C20H19Cl2N3O3/c1-12-18(20(27)25(24(12)3)14-8-5-4-6-9-14)23-19(26)13(2)28-16-11-7-10-15(21)17(16)22/h4-11,13H,1-3H3,(H,23,26)/t13-/m0/s1. The SMILES string of the molecule is Cc1c(NC(=O)[C@H](C)Oc2cccc(Cl)c2Cl)c(=O)n(-c2ccccc2)n1C. The number of ether oxygens (including phenoxy) is 1. The third kappa shape index (κ3) is 3.79. The first-order valence-electron chi connectivity index (χ1n) is 8.56. The maximum atomic E-state index is 12.9. The van der Waals surface area contributed by atoms with Crippen molar-refractivity contribution in [2.75, 3.05) is 5.32 Å². The van der Waals surface area contributed by atoms with Crippen molar-refractivity contribution < 1.29 is 9.53 Å². The lowest BCUT2D eigenvalue weighted by Gasteiger charge is -2.15. The van der Waals surface area contributed by atoms with E-state index in [2.05, 4.69) is 5.32 Å². The number of hydrogen-bond acceptors (Lipinski definition) is 3. The summed E-state index contributed by atoms with van der Waals surface area (Å²) in [4.78, 5) is 25.5. The Morgan fingerprint density at radius 1 is 1.11 bits per heavy atom. The van der Waals surface area contributed by atoms with Crippen LogP contribution in [-0.2, 0) is 11.8 Å². The molecule has 3 rings (SSSR count). The van der Waals surface area contributed by atoms with E-state index in [1.54, 1.807) is 43.8 Å². The Kier molecular flexibility index (Phi) is 5.82. The van der Waals surface area contributed by atoms with Crippen molar-refractivity contribution in [3.63, 3.8) is 0 Å². The lowest BCUT2D eigenvalue weighted by molar-refractivity contribution is -0.122. The summed E-state index contributed by atoms with van der Waals surface area (Å²) in [5, 5.41) is 3.23. The number of anilines is 1. The molecular formula is C20H19Cl2N3O3. The molecule has 0 spiro atoms. The number of hydrogen-bond donors (Lipinski definition) is 1. The van der Waals surface area contributed by atoms with E-state index < -0.39 is 12.0 Å². The zero-order valence-corrected chi connectivity index (χ0v) is 17.1. The number of nitrogens with zero attached hydrogens (tertiary/aromatic N) is 2. The Labute approximate surface area is 172 Å². The summed E-state index contributed by atoms with van der Waals surface area (Å²) in [6.45, 7) is 3.33. The summed E-state index contributed by atoms with van der Waals surface area (Å²) in [6.07, 6.45) is -0.889. The second-order valence-corrected chi connectivity index (χ2v) is 7.02. The van der Waals surface area contributed by atoms with Gasteiger partial charge in [-0.25, -0.2) is 4.68 Å². The van der Waals surface area contributed by atoms with E-state index in [0.29, 0.717) is 22.2 Å². The van der Waals surface area contributed by atoms with E-state index in [4.69, 9.17) is 27.9 Å². The summed E-state index contributed by atoms with van der Waals surface area (Å²) in [5.41, 5.74) is 1.19. The van der Waals surface area contributed by atoms with Crippen LogP contribution in [0.4, 0.5) is 5.69 Å². The van der Waals surface area contributed by atoms with E-state index >= 15 is 0 Å². The van der Waals surface area contributed by atoms with Gasteiger partial charge < -0.3 is 10.1 Å². The number of rotatable bonds is 5. The highest BCUT2D eigenvalue weighted by Crippen LogP contribution is 2.32. The number of aromatic nitrogens is 2. The van der Waals surface area contributed by atoms with Gasteiger partial charge in [0.25, 0.3) is 11.5 Å². The molecule has 0 unspecified atom stereocenters. The largest absolute Gasteiger partial charge is 0.479 e. The van der Waals surface area contributed by atoms with E-state index in [0.717, 1.165) is 0 Å². The van der Waals surface area contributed by atoms with Crippen molar-refractivity contribution in [1.82, 2.24) is 9.36 Å². The fraction of sp³-hybridized carbons (Fsp3) is 0.200. The first-order chi connectivity index (χ1) is 13.3. The molecule has 2 aromatic carbocycles. The van der Waals surface area contributed by atoms with Crippen LogP contribution < -0.4 is 15.6 Å². The van der Waals surface area contributed by atoms with Crippen LogP contribution >= 0.6 is 23.2 Å². The molecule has 3 aromatic rings. The molecule has 1 amide bonds. The van der Waals surface area contributed by atoms with Crippen molar-refractivity contribution >= 4 is 34.8 Å². The van der Waals surface area contributed by atoms with Crippen LogP contribution in [0.5, 0.6) is 5.75 Å². The van der Waals surface area contributed by atoms with E-state index in [-0.39, 0.29) is 16.3 Å². The zero-order valence-electron chi connectivity index (χ0n) is 15.6. The van der Waals surface area contributed by atoms with Gasteiger partial charge in [-0.1, -0.05) is 47.5 Å². The monoisotopic (exact) mass is 419 g/mol. The van der Waals surface area contributed by atoms with Gasteiger partial charge in [0.2, 0.25) is 0 Å². The predicted molar refractivity (Wildman–Crippen MR) is 111 cm³/mol. The van der Waals surface area contributed by atoms with Gasteiger partial charge in [0.15, 0.2) is 6.10 Å². The summed E-state index contributed by atoms with van der Waals surface area (Å²) in [6, 6.07) is 14.1. The Morgan fingerprint density at radius 2 is 1.79 bits per heavy atom. The molecule has 8 heteroatoms. The van der Waals surface area contributed by atoms with Crippen molar-refractivity contribution in [3.8, 4) is 11.4 Å². The lowest BCUT2D eigenvalue weighted by Crippen LogP contribution is -2.32. The number of carbonyl (C=O) groups excluding carboxylic acids is 1. The minimum absolute atomic E-state index is 0.198. The van der Waals surface area contributed by atoms with Crippen LogP contribution in [0, 0.1) is 6.92 Å². The molecule has 0 bridgehead atoms. The zero-order chi connectivity index (χ0) is 20.4. The molecule has 1 atom stereocenters.